The van der Waals surface area contributed by atoms with Gasteiger partial charge in [-0.25, -0.2) is 4.79 Å². The summed E-state index contributed by atoms with van der Waals surface area (Å²) in [5.74, 6) is -1.85. The van der Waals surface area contributed by atoms with Crippen LogP contribution in [0, 0.1) is 11.8 Å². The third-order valence-corrected chi connectivity index (χ3v) is 4.74. The largest absolute Gasteiger partial charge is 0.481 e. The number of carboxylic acid groups (broad SMARTS) is 1. The van der Waals surface area contributed by atoms with Crippen molar-refractivity contribution in [3.63, 3.8) is 0 Å². The fourth-order valence-electron chi connectivity index (χ4n) is 3.59. The number of alkyl carbamates (subject to hydrolysis) is 1. The molecule has 0 aliphatic heterocycles. The van der Waals surface area contributed by atoms with Gasteiger partial charge in [-0.05, 0) is 45.6 Å². The first-order valence-corrected chi connectivity index (χ1v) is 9.11. The van der Waals surface area contributed by atoms with Crippen LogP contribution in [0.5, 0.6) is 0 Å². The number of hydrogen-bond donors (Lipinski definition) is 3. The van der Waals surface area contributed by atoms with Crippen molar-refractivity contribution in [1.82, 2.24) is 5.32 Å². The number of nitrogens with one attached hydrogen (secondary N) is 1. The molecule has 2 unspecified atom stereocenters. The SMILES string of the molecule is CC(C)(C)OC(=O)NC(Cc1ccccc1)C(O)[C@H]1CCC[C@@H]1C(=O)O. The highest BCUT2D eigenvalue weighted by atomic mass is 16.6. The van der Waals surface area contributed by atoms with E-state index in [0.717, 1.165) is 12.0 Å². The molecule has 0 aromatic heterocycles. The van der Waals surface area contributed by atoms with Crippen molar-refractivity contribution in [2.75, 3.05) is 0 Å². The van der Waals surface area contributed by atoms with Gasteiger partial charge in [0.2, 0.25) is 0 Å². The summed E-state index contributed by atoms with van der Waals surface area (Å²) in [4.78, 5) is 23.7. The predicted octanol–water partition coefficient (Wildman–Crippen LogP) is 2.98. The Kier molecular flexibility index (Phi) is 6.64. The molecule has 1 aromatic carbocycles. The summed E-state index contributed by atoms with van der Waals surface area (Å²) in [6.07, 6.45) is 0.808. The monoisotopic (exact) mass is 363 g/mol. The van der Waals surface area contributed by atoms with Crippen LogP contribution in [0.1, 0.15) is 45.6 Å². The Morgan fingerprint density at radius 3 is 2.46 bits per heavy atom. The van der Waals surface area contributed by atoms with Crippen LogP contribution in [-0.2, 0) is 16.0 Å². The van der Waals surface area contributed by atoms with Crippen molar-refractivity contribution in [1.29, 1.82) is 0 Å². The van der Waals surface area contributed by atoms with Crippen molar-refractivity contribution in [2.45, 2.75) is 64.2 Å². The Labute approximate surface area is 154 Å². The van der Waals surface area contributed by atoms with E-state index in [-0.39, 0.29) is 5.92 Å². The van der Waals surface area contributed by atoms with Gasteiger partial charge in [0.1, 0.15) is 5.60 Å². The molecule has 0 saturated heterocycles. The number of rotatable bonds is 6. The summed E-state index contributed by atoms with van der Waals surface area (Å²) < 4.78 is 5.32. The van der Waals surface area contributed by atoms with Crippen LogP contribution in [0.2, 0.25) is 0 Å². The number of benzene rings is 1. The van der Waals surface area contributed by atoms with Crippen LogP contribution in [-0.4, -0.2) is 40.0 Å². The molecule has 6 heteroatoms. The number of carboxylic acids is 1. The van der Waals surface area contributed by atoms with E-state index in [9.17, 15) is 19.8 Å². The van der Waals surface area contributed by atoms with Gasteiger partial charge in [-0.3, -0.25) is 4.79 Å². The number of aliphatic hydroxyl groups is 1. The van der Waals surface area contributed by atoms with Crippen molar-refractivity contribution in [2.24, 2.45) is 11.8 Å². The number of ether oxygens (including phenoxy) is 1. The molecular formula is C20H29NO5. The van der Waals surface area contributed by atoms with E-state index >= 15 is 0 Å². The first-order chi connectivity index (χ1) is 12.2. The van der Waals surface area contributed by atoms with Gasteiger partial charge in [0.05, 0.1) is 18.1 Å². The van der Waals surface area contributed by atoms with E-state index in [1.165, 1.54) is 0 Å². The van der Waals surface area contributed by atoms with Crippen LogP contribution in [0.3, 0.4) is 0 Å². The number of amides is 1. The minimum Gasteiger partial charge on any atom is -0.481 e. The molecule has 0 heterocycles. The van der Waals surface area contributed by atoms with E-state index in [4.69, 9.17) is 4.74 Å². The van der Waals surface area contributed by atoms with Gasteiger partial charge in [0.15, 0.2) is 0 Å². The zero-order chi connectivity index (χ0) is 19.3. The van der Waals surface area contributed by atoms with E-state index in [2.05, 4.69) is 5.32 Å². The maximum atomic E-state index is 12.2. The topological polar surface area (TPSA) is 95.9 Å². The second kappa shape index (κ2) is 8.54. The summed E-state index contributed by atoms with van der Waals surface area (Å²) in [6.45, 7) is 5.31. The Morgan fingerprint density at radius 2 is 1.88 bits per heavy atom. The highest BCUT2D eigenvalue weighted by Gasteiger charge is 2.41. The molecule has 0 radical (unpaired) electrons. The molecule has 6 nitrogen and oxygen atoms in total. The number of aliphatic carboxylic acids is 1. The second-order valence-electron chi connectivity index (χ2n) is 7.97. The molecule has 1 aromatic rings. The lowest BCUT2D eigenvalue weighted by Gasteiger charge is -2.31. The van der Waals surface area contributed by atoms with E-state index in [1.807, 2.05) is 30.3 Å². The minimum atomic E-state index is -0.952. The van der Waals surface area contributed by atoms with Crippen LogP contribution < -0.4 is 5.32 Å². The maximum Gasteiger partial charge on any atom is 0.407 e. The van der Waals surface area contributed by atoms with Crippen LogP contribution in [0.25, 0.3) is 0 Å². The van der Waals surface area contributed by atoms with Crippen LogP contribution >= 0.6 is 0 Å². The second-order valence-corrected chi connectivity index (χ2v) is 7.97. The van der Waals surface area contributed by atoms with E-state index in [1.54, 1.807) is 20.8 Å². The van der Waals surface area contributed by atoms with Gasteiger partial charge in [-0.1, -0.05) is 36.8 Å². The summed E-state index contributed by atoms with van der Waals surface area (Å²) in [5, 5.41) is 23.1. The third kappa shape index (κ3) is 5.73. The lowest BCUT2D eigenvalue weighted by molar-refractivity contribution is -0.144. The van der Waals surface area contributed by atoms with Crippen molar-refractivity contribution < 1.29 is 24.5 Å². The predicted molar refractivity (Wildman–Crippen MR) is 97.8 cm³/mol. The molecule has 26 heavy (non-hydrogen) atoms. The van der Waals surface area contributed by atoms with Gasteiger partial charge in [0, 0.05) is 5.92 Å². The maximum absolute atomic E-state index is 12.2. The average molecular weight is 363 g/mol. The number of aliphatic hydroxyl groups excluding tert-OH is 1. The molecule has 2 rings (SSSR count). The van der Waals surface area contributed by atoms with Crippen LogP contribution in [0.15, 0.2) is 30.3 Å². The molecule has 0 spiro atoms. The van der Waals surface area contributed by atoms with Crippen molar-refractivity contribution in [3.05, 3.63) is 35.9 Å². The van der Waals surface area contributed by atoms with Gasteiger partial charge >= 0.3 is 12.1 Å². The summed E-state index contributed by atoms with van der Waals surface area (Å²) in [7, 11) is 0. The smallest absolute Gasteiger partial charge is 0.407 e. The Morgan fingerprint density at radius 1 is 1.23 bits per heavy atom. The number of hydrogen-bond acceptors (Lipinski definition) is 4. The average Bonchev–Trinajstić information content (AvgIpc) is 3.02. The van der Waals surface area contributed by atoms with E-state index in [0.29, 0.717) is 19.3 Å². The molecule has 3 N–H and O–H groups in total. The molecule has 1 fully saturated rings. The zero-order valence-corrected chi connectivity index (χ0v) is 15.6. The highest BCUT2D eigenvalue weighted by molar-refractivity contribution is 5.71. The molecule has 1 aliphatic rings. The van der Waals surface area contributed by atoms with Gasteiger partial charge < -0.3 is 20.3 Å². The summed E-state index contributed by atoms with van der Waals surface area (Å²) >= 11 is 0. The Balaban J connectivity index is 2.16. The van der Waals surface area contributed by atoms with Gasteiger partial charge in [-0.15, -0.1) is 0 Å². The van der Waals surface area contributed by atoms with Crippen LogP contribution in [0.4, 0.5) is 4.79 Å². The normalized spacial score (nSPS) is 22.5. The quantitative estimate of drug-likeness (QED) is 0.722. The van der Waals surface area contributed by atoms with Gasteiger partial charge in [-0.2, -0.15) is 0 Å². The zero-order valence-electron chi connectivity index (χ0n) is 15.6. The molecule has 4 atom stereocenters. The third-order valence-electron chi connectivity index (χ3n) is 4.74. The highest BCUT2D eigenvalue weighted by Crippen LogP contribution is 2.36. The Hall–Kier alpha value is -2.08. The molecule has 1 saturated carbocycles. The molecule has 1 amide bonds. The molecule has 1 aliphatic carbocycles. The fourth-order valence-corrected chi connectivity index (χ4v) is 3.59. The number of carbonyl (C=O) groups excluding carboxylic acids is 1. The minimum absolute atomic E-state index is 0.379. The van der Waals surface area contributed by atoms with Crippen molar-refractivity contribution in [3.8, 4) is 0 Å². The summed E-state index contributed by atoms with van der Waals surface area (Å²) in [6, 6.07) is 8.90. The lowest BCUT2D eigenvalue weighted by atomic mass is 9.85. The lowest BCUT2D eigenvalue weighted by Crippen LogP contribution is -2.50. The first-order valence-electron chi connectivity index (χ1n) is 9.11. The van der Waals surface area contributed by atoms with Gasteiger partial charge in [0.25, 0.3) is 0 Å². The fraction of sp³-hybridized carbons (Fsp3) is 0.600. The standard InChI is InChI=1S/C20H29NO5/c1-20(2,3)26-19(25)21-16(12-13-8-5-4-6-9-13)17(22)14-10-7-11-15(14)18(23)24/h4-6,8-9,14-17,22H,7,10-12H2,1-3H3,(H,21,25)(H,23,24)/t14-,15-,16?,17?/m0/s1. The van der Waals surface area contributed by atoms with E-state index < -0.39 is 35.7 Å². The molecular weight excluding hydrogens is 334 g/mol. The summed E-state index contributed by atoms with van der Waals surface area (Å²) in [5.41, 5.74) is 0.306. The van der Waals surface area contributed by atoms with Crippen molar-refractivity contribution >= 4 is 12.1 Å². The number of carbonyl (C=O) groups is 2. The first kappa shape index (κ1) is 20.2. The molecule has 0 bridgehead atoms. The molecule has 144 valence electrons. The Bertz CT molecular complexity index is 610.